The monoisotopic (exact) mass is 621 g/mol. The van der Waals surface area contributed by atoms with Gasteiger partial charge in [-0.3, -0.25) is 19.2 Å². The van der Waals surface area contributed by atoms with Crippen molar-refractivity contribution in [3.63, 3.8) is 0 Å². The number of hydrogen-bond acceptors (Lipinski definition) is 6. The van der Waals surface area contributed by atoms with Crippen molar-refractivity contribution < 1.29 is 24.3 Å². The zero-order valence-electron chi connectivity index (χ0n) is 25.8. The number of nitrogens with one attached hydrogen (secondary N) is 4. The van der Waals surface area contributed by atoms with E-state index in [0.717, 1.165) is 16.7 Å². The van der Waals surface area contributed by atoms with Gasteiger partial charge in [0.1, 0.15) is 17.6 Å². The molecular weight excluding hydrogens is 582 g/mol. The zero-order valence-corrected chi connectivity index (χ0v) is 25.8. The molecule has 238 valence electrons. The van der Waals surface area contributed by atoms with E-state index in [2.05, 4.69) is 21.3 Å². The van der Waals surface area contributed by atoms with Crippen molar-refractivity contribution in [3.05, 3.63) is 138 Å². The molecule has 0 saturated heterocycles. The summed E-state index contributed by atoms with van der Waals surface area (Å²) in [6.07, 6.45) is -0.422. The maximum atomic E-state index is 14.1. The smallest absolute Gasteiger partial charge is 0.247 e. The molecule has 0 spiro atoms. The van der Waals surface area contributed by atoms with Crippen LogP contribution in [0.1, 0.15) is 42.5 Å². The van der Waals surface area contributed by atoms with Crippen LogP contribution in [0.25, 0.3) is 0 Å². The molecule has 0 heterocycles. The first-order valence-corrected chi connectivity index (χ1v) is 15.0. The number of hydrogen-bond donors (Lipinski definition) is 6. The second-order valence-electron chi connectivity index (χ2n) is 11.0. The van der Waals surface area contributed by atoms with Crippen LogP contribution in [-0.2, 0) is 31.3 Å². The third-order valence-electron chi connectivity index (χ3n) is 7.54. The lowest BCUT2D eigenvalue weighted by atomic mass is 9.77. The highest BCUT2D eigenvalue weighted by Crippen LogP contribution is 2.37. The normalized spacial score (nSPS) is 13.0. The van der Waals surface area contributed by atoms with E-state index in [1.165, 1.54) is 13.8 Å². The molecule has 7 N–H and O–H groups in total. The third-order valence-corrected chi connectivity index (χ3v) is 7.54. The SMILES string of the molecule is C[C@H](N)C(=O)N[C@@H](C)C(=O)NC(CC(=O)NC(c1ccccc1)(c1ccccc1)c1ccccc1)C(=O)Nc1ccc(CO)cc1. The van der Waals surface area contributed by atoms with Gasteiger partial charge in [-0.25, -0.2) is 0 Å². The lowest BCUT2D eigenvalue weighted by Crippen LogP contribution is -2.55. The minimum atomic E-state index is -1.32. The number of amides is 4. The van der Waals surface area contributed by atoms with Crippen LogP contribution in [0.15, 0.2) is 115 Å². The van der Waals surface area contributed by atoms with E-state index in [1.807, 2.05) is 91.0 Å². The van der Waals surface area contributed by atoms with Crippen molar-refractivity contribution in [1.82, 2.24) is 16.0 Å². The maximum absolute atomic E-state index is 14.1. The first-order chi connectivity index (χ1) is 22.1. The topological polar surface area (TPSA) is 163 Å². The number of aliphatic hydroxyl groups excluding tert-OH is 1. The minimum absolute atomic E-state index is 0.163. The van der Waals surface area contributed by atoms with Crippen LogP contribution in [0, 0.1) is 0 Å². The largest absolute Gasteiger partial charge is 0.392 e. The summed E-state index contributed by atoms with van der Waals surface area (Å²) in [5, 5.41) is 20.5. The van der Waals surface area contributed by atoms with Crippen LogP contribution in [-0.4, -0.2) is 46.9 Å². The minimum Gasteiger partial charge on any atom is -0.392 e. The summed E-state index contributed by atoms with van der Waals surface area (Å²) in [5.41, 5.74) is 7.94. The van der Waals surface area contributed by atoms with Gasteiger partial charge in [-0.15, -0.1) is 0 Å². The Balaban J connectivity index is 1.68. The molecule has 0 aliphatic heterocycles. The van der Waals surface area contributed by atoms with Gasteiger partial charge in [-0.2, -0.15) is 0 Å². The van der Waals surface area contributed by atoms with Crippen LogP contribution in [0.5, 0.6) is 0 Å². The Morgan fingerprint density at radius 1 is 0.674 bits per heavy atom. The Labute approximate surface area is 268 Å². The summed E-state index contributed by atoms with van der Waals surface area (Å²) in [6.45, 7) is 2.79. The van der Waals surface area contributed by atoms with Crippen LogP contribution in [0.2, 0.25) is 0 Å². The molecule has 46 heavy (non-hydrogen) atoms. The van der Waals surface area contributed by atoms with Crippen LogP contribution < -0.4 is 27.0 Å². The number of benzene rings is 4. The van der Waals surface area contributed by atoms with Gasteiger partial charge in [0.2, 0.25) is 23.6 Å². The van der Waals surface area contributed by atoms with Crippen molar-refractivity contribution in [3.8, 4) is 0 Å². The molecule has 4 rings (SSSR count). The number of rotatable bonds is 13. The molecule has 0 aromatic heterocycles. The summed E-state index contributed by atoms with van der Waals surface area (Å²) in [7, 11) is 0. The Morgan fingerprint density at radius 2 is 1.15 bits per heavy atom. The van der Waals surface area contributed by atoms with Gasteiger partial charge in [0.15, 0.2) is 0 Å². The zero-order chi connectivity index (χ0) is 33.1. The molecule has 4 aromatic rings. The standard InChI is InChI=1S/C36H39N5O5/c1-24(37)33(44)38-25(2)34(45)40-31(35(46)39-30-20-18-26(23-42)19-21-30)22-32(43)41-36(27-12-6-3-7-13-27,28-14-8-4-9-15-28)29-16-10-5-11-17-29/h3-21,24-25,31,42H,22-23,37H2,1-2H3,(H,38,44)(H,39,46)(H,40,45)(H,41,43)/t24-,25-,31?/m0/s1. The molecule has 10 nitrogen and oxygen atoms in total. The average molecular weight is 622 g/mol. The summed E-state index contributed by atoms with van der Waals surface area (Å²) in [5.74, 6) is -2.36. The van der Waals surface area contributed by atoms with E-state index < -0.39 is 53.7 Å². The summed E-state index contributed by atoms with van der Waals surface area (Å²) in [4.78, 5) is 53.0. The first kappa shape index (κ1) is 33.6. The molecule has 10 heteroatoms. The van der Waals surface area contributed by atoms with Gasteiger partial charge >= 0.3 is 0 Å². The lowest BCUT2D eigenvalue weighted by Gasteiger charge is -2.37. The maximum Gasteiger partial charge on any atom is 0.247 e. The quantitative estimate of drug-likeness (QED) is 0.126. The Kier molecular flexibility index (Phi) is 11.4. The third kappa shape index (κ3) is 8.23. The fourth-order valence-corrected chi connectivity index (χ4v) is 5.07. The molecule has 1 unspecified atom stereocenters. The fraction of sp³-hybridized carbons (Fsp3) is 0.222. The van der Waals surface area contributed by atoms with Crippen molar-refractivity contribution in [1.29, 1.82) is 0 Å². The van der Waals surface area contributed by atoms with Gasteiger partial charge in [0.05, 0.1) is 19.1 Å². The van der Waals surface area contributed by atoms with E-state index in [-0.39, 0.29) is 6.61 Å². The van der Waals surface area contributed by atoms with Crippen molar-refractivity contribution >= 4 is 29.3 Å². The highest BCUT2D eigenvalue weighted by molar-refractivity contribution is 6.01. The predicted molar refractivity (Wildman–Crippen MR) is 176 cm³/mol. The number of anilines is 1. The van der Waals surface area contributed by atoms with Gasteiger partial charge in [0, 0.05) is 5.69 Å². The second-order valence-corrected chi connectivity index (χ2v) is 11.0. The number of aliphatic hydroxyl groups is 1. The number of carbonyl (C=O) groups is 4. The molecule has 4 aromatic carbocycles. The summed E-state index contributed by atoms with van der Waals surface area (Å²) in [6, 6.07) is 31.8. The van der Waals surface area contributed by atoms with E-state index in [9.17, 15) is 24.3 Å². The first-order valence-electron chi connectivity index (χ1n) is 15.0. The van der Waals surface area contributed by atoms with Crippen LogP contribution >= 0.6 is 0 Å². The Bertz CT molecular complexity index is 1520. The highest BCUT2D eigenvalue weighted by Gasteiger charge is 2.39. The molecule has 0 aliphatic rings. The molecule has 0 radical (unpaired) electrons. The van der Waals surface area contributed by atoms with E-state index in [0.29, 0.717) is 11.3 Å². The van der Waals surface area contributed by atoms with Crippen molar-refractivity contribution in [2.75, 3.05) is 5.32 Å². The van der Waals surface area contributed by atoms with Gasteiger partial charge in [-0.05, 0) is 48.2 Å². The number of nitrogens with two attached hydrogens (primary N) is 1. The van der Waals surface area contributed by atoms with Crippen molar-refractivity contribution in [2.24, 2.45) is 5.73 Å². The molecule has 0 fully saturated rings. The second kappa shape index (κ2) is 15.6. The van der Waals surface area contributed by atoms with E-state index in [1.54, 1.807) is 24.3 Å². The molecule has 0 aliphatic carbocycles. The van der Waals surface area contributed by atoms with Crippen LogP contribution in [0.3, 0.4) is 0 Å². The highest BCUT2D eigenvalue weighted by atomic mass is 16.3. The molecule has 0 bridgehead atoms. The summed E-state index contributed by atoms with van der Waals surface area (Å²) < 4.78 is 0. The molecule has 3 atom stereocenters. The predicted octanol–water partition coefficient (Wildman–Crippen LogP) is 2.95. The Morgan fingerprint density at radius 3 is 1.59 bits per heavy atom. The molecule has 0 saturated carbocycles. The van der Waals surface area contributed by atoms with E-state index >= 15 is 0 Å². The van der Waals surface area contributed by atoms with Gasteiger partial charge < -0.3 is 32.1 Å². The summed E-state index contributed by atoms with van der Waals surface area (Å²) >= 11 is 0. The van der Waals surface area contributed by atoms with Crippen LogP contribution in [0.4, 0.5) is 5.69 Å². The molecule has 4 amide bonds. The van der Waals surface area contributed by atoms with E-state index in [4.69, 9.17) is 5.73 Å². The number of carbonyl (C=O) groups excluding carboxylic acids is 4. The Hall–Kier alpha value is -5.32. The van der Waals surface area contributed by atoms with Gasteiger partial charge in [0.25, 0.3) is 0 Å². The fourth-order valence-electron chi connectivity index (χ4n) is 5.07. The van der Waals surface area contributed by atoms with Gasteiger partial charge in [-0.1, -0.05) is 103 Å². The van der Waals surface area contributed by atoms with Crippen molar-refractivity contribution in [2.45, 2.75) is 50.5 Å². The average Bonchev–Trinajstić information content (AvgIpc) is 3.08. The molecular formula is C36H39N5O5. The lowest BCUT2D eigenvalue weighted by molar-refractivity contribution is -0.132.